The third-order valence-electron chi connectivity index (χ3n) is 6.59. The van der Waals surface area contributed by atoms with E-state index >= 15 is 0 Å². The highest BCUT2D eigenvalue weighted by molar-refractivity contribution is 7.89. The van der Waals surface area contributed by atoms with Gasteiger partial charge in [0, 0.05) is 43.9 Å². The number of hydrogen-bond donors (Lipinski definition) is 1. The highest BCUT2D eigenvalue weighted by atomic mass is 35.5. The van der Waals surface area contributed by atoms with Crippen LogP contribution in [0, 0.1) is 0 Å². The second-order valence-corrected chi connectivity index (χ2v) is 11.2. The molecule has 0 unspecified atom stereocenters. The molecular formula is C26H31ClN4O5S. The van der Waals surface area contributed by atoms with Gasteiger partial charge < -0.3 is 10.1 Å². The Morgan fingerprint density at radius 1 is 1.05 bits per heavy atom. The predicted octanol–water partition coefficient (Wildman–Crippen LogP) is 3.25. The molecule has 9 nitrogen and oxygen atoms in total. The Morgan fingerprint density at radius 3 is 2.46 bits per heavy atom. The topological polar surface area (TPSA) is 99.3 Å². The van der Waals surface area contributed by atoms with E-state index < -0.39 is 22.0 Å². The van der Waals surface area contributed by atoms with Crippen molar-refractivity contribution in [2.75, 3.05) is 46.4 Å². The van der Waals surface area contributed by atoms with Crippen LogP contribution in [-0.4, -0.2) is 80.9 Å². The van der Waals surface area contributed by atoms with Gasteiger partial charge in [-0.1, -0.05) is 48.0 Å². The lowest BCUT2D eigenvalue weighted by molar-refractivity contribution is -0.139. The normalized spacial score (nSPS) is 19.9. The lowest BCUT2D eigenvalue weighted by Gasteiger charge is -2.36. The van der Waals surface area contributed by atoms with E-state index in [-0.39, 0.29) is 24.1 Å². The van der Waals surface area contributed by atoms with Crippen molar-refractivity contribution in [1.29, 1.82) is 0 Å². The van der Waals surface area contributed by atoms with Crippen LogP contribution in [0.3, 0.4) is 0 Å². The van der Waals surface area contributed by atoms with Gasteiger partial charge in [-0.15, -0.1) is 0 Å². The van der Waals surface area contributed by atoms with Gasteiger partial charge >= 0.3 is 12.0 Å². The van der Waals surface area contributed by atoms with Crippen molar-refractivity contribution >= 4 is 33.6 Å². The standard InChI is InChI=1S/C26H31ClN4O5S/c1-3-36-25(32)23-22(29(2)26(33)28-24(23)20-12-7-8-13-21(20)27)18-30-14-9-15-31(17-16-30)37(34,35)19-10-5-4-6-11-19/h4-8,10-13,24H,3,9,14-18H2,1-2H3,(H,28,33)/t24-/m0/s1. The number of nitrogens with zero attached hydrogens (tertiary/aromatic N) is 3. The summed E-state index contributed by atoms with van der Waals surface area (Å²) in [5.74, 6) is -0.530. The second kappa shape index (κ2) is 11.6. The molecule has 2 amide bonds. The first-order chi connectivity index (χ1) is 17.7. The molecule has 2 aromatic rings. The maximum Gasteiger partial charge on any atom is 0.338 e. The van der Waals surface area contributed by atoms with Crippen molar-refractivity contribution in [2.24, 2.45) is 0 Å². The average molecular weight is 547 g/mol. The van der Waals surface area contributed by atoms with E-state index in [0.29, 0.717) is 54.5 Å². The summed E-state index contributed by atoms with van der Waals surface area (Å²) in [6, 6.07) is 14.3. The van der Waals surface area contributed by atoms with Gasteiger partial charge in [0.15, 0.2) is 0 Å². The first-order valence-electron chi connectivity index (χ1n) is 12.2. The Labute approximate surface area is 222 Å². The van der Waals surface area contributed by atoms with Crippen LogP contribution in [0.1, 0.15) is 24.9 Å². The highest BCUT2D eigenvalue weighted by Crippen LogP contribution is 2.35. The summed E-state index contributed by atoms with van der Waals surface area (Å²) in [5.41, 5.74) is 1.42. The zero-order chi connectivity index (χ0) is 26.6. The third-order valence-corrected chi connectivity index (χ3v) is 8.85. The number of likely N-dealkylation sites (N-methyl/N-ethyl adjacent to an activating group) is 1. The molecular weight excluding hydrogens is 516 g/mol. The molecule has 2 aliphatic heterocycles. The quantitative estimate of drug-likeness (QED) is 0.535. The molecule has 198 valence electrons. The summed E-state index contributed by atoms with van der Waals surface area (Å²) in [5, 5.41) is 3.30. The molecule has 0 spiro atoms. The van der Waals surface area contributed by atoms with Crippen LogP contribution in [0.25, 0.3) is 0 Å². The fraction of sp³-hybridized carbons (Fsp3) is 0.385. The monoisotopic (exact) mass is 546 g/mol. The first-order valence-corrected chi connectivity index (χ1v) is 14.0. The number of halogens is 1. The minimum Gasteiger partial charge on any atom is -0.463 e. The molecule has 0 radical (unpaired) electrons. The predicted molar refractivity (Wildman–Crippen MR) is 140 cm³/mol. The van der Waals surface area contributed by atoms with Gasteiger partial charge in [-0.3, -0.25) is 9.80 Å². The van der Waals surface area contributed by atoms with E-state index in [4.69, 9.17) is 16.3 Å². The fourth-order valence-corrected chi connectivity index (χ4v) is 6.38. The summed E-state index contributed by atoms with van der Waals surface area (Å²) in [7, 11) is -2.00. The highest BCUT2D eigenvalue weighted by Gasteiger charge is 2.38. The Hall–Kier alpha value is -2.92. The average Bonchev–Trinajstić information content (AvgIpc) is 3.14. The number of ether oxygens (including phenoxy) is 1. The minimum atomic E-state index is -3.61. The number of nitrogens with one attached hydrogen (secondary N) is 1. The smallest absolute Gasteiger partial charge is 0.338 e. The Morgan fingerprint density at radius 2 is 1.76 bits per heavy atom. The largest absolute Gasteiger partial charge is 0.463 e. The van der Waals surface area contributed by atoms with Crippen LogP contribution in [0.5, 0.6) is 0 Å². The zero-order valence-electron chi connectivity index (χ0n) is 20.9. The summed E-state index contributed by atoms with van der Waals surface area (Å²) >= 11 is 6.45. The van der Waals surface area contributed by atoms with E-state index in [2.05, 4.69) is 10.2 Å². The molecule has 1 saturated heterocycles. The van der Waals surface area contributed by atoms with E-state index in [9.17, 15) is 18.0 Å². The molecule has 2 aliphatic rings. The first kappa shape index (κ1) is 27.1. The van der Waals surface area contributed by atoms with Gasteiger partial charge in [-0.2, -0.15) is 4.31 Å². The summed E-state index contributed by atoms with van der Waals surface area (Å²) in [6.45, 7) is 3.91. The number of amides is 2. The van der Waals surface area contributed by atoms with Crippen molar-refractivity contribution in [3.63, 3.8) is 0 Å². The van der Waals surface area contributed by atoms with Crippen molar-refractivity contribution in [3.05, 3.63) is 76.5 Å². The van der Waals surface area contributed by atoms with Gasteiger partial charge in [0.05, 0.1) is 23.1 Å². The van der Waals surface area contributed by atoms with Crippen molar-refractivity contribution < 1.29 is 22.7 Å². The minimum absolute atomic E-state index is 0.179. The van der Waals surface area contributed by atoms with Gasteiger partial charge in [0.1, 0.15) is 0 Å². The molecule has 37 heavy (non-hydrogen) atoms. The number of sulfonamides is 1. The van der Waals surface area contributed by atoms with Crippen LogP contribution in [0.2, 0.25) is 5.02 Å². The van der Waals surface area contributed by atoms with E-state index in [0.717, 1.165) is 0 Å². The fourth-order valence-electron chi connectivity index (χ4n) is 4.64. The SMILES string of the molecule is CCOC(=O)C1=C(CN2CCCN(S(=O)(=O)c3ccccc3)CC2)N(C)C(=O)N[C@H]1c1ccccc1Cl. The molecule has 0 aromatic heterocycles. The summed E-state index contributed by atoms with van der Waals surface area (Å²) in [4.78, 5) is 29.9. The molecule has 0 saturated carbocycles. The number of carbonyl (C=O) groups is 2. The molecule has 0 bridgehead atoms. The molecule has 1 atom stereocenters. The number of carbonyl (C=O) groups excluding carboxylic acids is 2. The number of rotatable bonds is 7. The molecule has 2 aromatic carbocycles. The van der Waals surface area contributed by atoms with Crippen LogP contribution in [0.4, 0.5) is 4.79 Å². The van der Waals surface area contributed by atoms with E-state index in [1.165, 1.54) is 9.21 Å². The molecule has 2 heterocycles. The van der Waals surface area contributed by atoms with Crippen molar-refractivity contribution in [2.45, 2.75) is 24.3 Å². The maximum atomic E-state index is 13.2. The lowest BCUT2D eigenvalue weighted by atomic mass is 9.94. The van der Waals surface area contributed by atoms with Crippen LogP contribution in [0.15, 0.2) is 70.8 Å². The molecule has 11 heteroatoms. The number of urea groups is 1. The Balaban J connectivity index is 1.63. The van der Waals surface area contributed by atoms with E-state index in [1.54, 1.807) is 68.6 Å². The van der Waals surface area contributed by atoms with Crippen molar-refractivity contribution in [3.8, 4) is 0 Å². The second-order valence-electron chi connectivity index (χ2n) is 8.89. The van der Waals surface area contributed by atoms with Crippen LogP contribution in [-0.2, 0) is 19.6 Å². The Bertz CT molecular complexity index is 1280. The van der Waals surface area contributed by atoms with Gasteiger partial charge in [0.25, 0.3) is 0 Å². The van der Waals surface area contributed by atoms with Gasteiger partial charge in [-0.05, 0) is 43.7 Å². The van der Waals surface area contributed by atoms with Gasteiger partial charge in [0.2, 0.25) is 10.0 Å². The molecule has 1 N–H and O–H groups in total. The zero-order valence-corrected chi connectivity index (χ0v) is 22.5. The van der Waals surface area contributed by atoms with Crippen molar-refractivity contribution in [1.82, 2.24) is 19.4 Å². The lowest BCUT2D eigenvalue weighted by Crippen LogP contribution is -2.49. The van der Waals surface area contributed by atoms with Crippen LogP contribution < -0.4 is 5.32 Å². The Kier molecular flexibility index (Phi) is 8.53. The number of hydrogen-bond acceptors (Lipinski definition) is 6. The summed E-state index contributed by atoms with van der Waals surface area (Å²) < 4.78 is 33.2. The third kappa shape index (κ3) is 5.82. The number of esters is 1. The maximum absolute atomic E-state index is 13.2. The summed E-state index contributed by atoms with van der Waals surface area (Å²) in [6.07, 6.45) is 0.609. The number of benzene rings is 2. The molecule has 4 rings (SSSR count). The van der Waals surface area contributed by atoms with Gasteiger partial charge in [-0.25, -0.2) is 18.0 Å². The van der Waals surface area contributed by atoms with E-state index in [1.807, 2.05) is 0 Å². The van der Waals surface area contributed by atoms with Crippen LogP contribution >= 0.6 is 11.6 Å². The molecule has 0 aliphatic carbocycles. The molecule has 1 fully saturated rings.